The van der Waals surface area contributed by atoms with Crippen LogP contribution in [0.25, 0.3) is 0 Å². The van der Waals surface area contributed by atoms with Gasteiger partial charge in [0.25, 0.3) is 0 Å². The number of halogens is 2. The van der Waals surface area contributed by atoms with Crippen molar-refractivity contribution in [1.82, 2.24) is 0 Å². The minimum Gasteiger partial charge on any atom is -0.0773 e. The van der Waals surface area contributed by atoms with E-state index >= 15 is 0 Å². The lowest BCUT2D eigenvalue weighted by Crippen LogP contribution is -1.76. The van der Waals surface area contributed by atoms with Crippen LogP contribution < -0.4 is 0 Å². The van der Waals surface area contributed by atoms with Crippen molar-refractivity contribution in [2.24, 2.45) is 0 Å². The first-order valence-electron chi connectivity index (χ1n) is 1.25. The van der Waals surface area contributed by atoms with Gasteiger partial charge in [-0.2, -0.15) is 0 Å². The third kappa shape index (κ3) is 5.02. The molecule has 0 heterocycles. The van der Waals surface area contributed by atoms with Gasteiger partial charge in [0.15, 0.2) is 0 Å². The maximum absolute atomic E-state index is 5.08. The van der Waals surface area contributed by atoms with Crippen LogP contribution in [-0.4, -0.2) is 11.6 Å². The zero-order valence-corrected chi connectivity index (χ0v) is 5.79. The Balaban J connectivity index is 2.54. The van der Waals surface area contributed by atoms with Crippen molar-refractivity contribution in [2.45, 2.75) is 10.1 Å². The van der Waals surface area contributed by atoms with Gasteiger partial charge in [-0.25, -0.2) is 0 Å². The van der Waals surface area contributed by atoms with E-state index in [1.165, 1.54) is 0 Å². The normalized spacial score (nSPS) is 9.40. The Morgan fingerprint density at radius 1 is 1.60 bits per heavy atom. The highest BCUT2D eigenvalue weighted by atomic mass is 79.9. The van der Waals surface area contributed by atoms with E-state index in [1.807, 2.05) is 0 Å². The molecule has 5 heavy (non-hydrogen) atoms. The topological polar surface area (TPSA) is 0 Å². The molecule has 0 rings (SSSR count). The molecule has 0 unspecified atom stereocenters. The second-order valence-corrected chi connectivity index (χ2v) is 4.07. The molecule has 0 nitrogen and oxygen atoms in total. The molecule has 0 aromatic rings. The highest BCUT2D eigenvalue weighted by Gasteiger charge is 1.85. The Morgan fingerprint density at radius 2 is 1.80 bits per heavy atom. The van der Waals surface area contributed by atoms with Gasteiger partial charge >= 0.3 is 0 Å². The summed E-state index contributed by atoms with van der Waals surface area (Å²) in [6.07, 6.45) is 0.639. The van der Waals surface area contributed by atoms with E-state index in [1.54, 1.807) is 0 Å². The lowest BCUT2D eigenvalue weighted by molar-refractivity contribution is 1.46. The van der Waals surface area contributed by atoms with Gasteiger partial charge in [0.05, 0.1) is 11.6 Å². The SMILES string of the molecule is [B]CC(Br)Br. The molecule has 0 saturated heterocycles. The molecule has 0 N–H and O–H groups in total. The zero-order chi connectivity index (χ0) is 4.28. The molecular formula is C2H3BBr2. The van der Waals surface area contributed by atoms with E-state index in [0.29, 0.717) is 6.32 Å². The van der Waals surface area contributed by atoms with Gasteiger partial charge in [-0.05, 0) is 0 Å². The minimum atomic E-state index is 0.287. The number of hydrogen-bond acceptors (Lipinski definition) is 0. The van der Waals surface area contributed by atoms with E-state index in [0.717, 1.165) is 0 Å². The van der Waals surface area contributed by atoms with Gasteiger partial charge in [-0.1, -0.05) is 38.2 Å². The monoisotopic (exact) mass is 196 g/mol. The van der Waals surface area contributed by atoms with Crippen molar-refractivity contribution in [1.29, 1.82) is 0 Å². The third-order valence-electron chi connectivity index (χ3n) is 0.178. The molecule has 0 spiro atoms. The van der Waals surface area contributed by atoms with Crippen LogP contribution in [0.1, 0.15) is 0 Å². The fourth-order valence-corrected chi connectivity index (χ4v) is 0. The van der Waals surface area contributed by atoms with Crippen LogP contribution in [0.15, 0.2) is 0 Å². The molecule has 0 saturated carbocycles. The maximum Gasteiger partial charge on any atom is 0.0679 e. The molecule has 0 aliphatic heterocycles. The van der Waals surface area contributed by atoms with Crippen LogP contribution in [0, 0.1) is 0 Å². The Hall–Kier alpha value is 1.02. The summed E-state index contributed by atoms with van der Waals surface area (Å²) in [6, 6.07) is 0. The van der Waals surface area contributed by atoms with Gasteiger partial charge in [-0.15, -0.1) is 0 Å². The minimum absolute atomic E-state index is 0.287. The summed E-state index contributed by atoms with van der Waals surface area (Å²) in [5.74, 6) is 0. The highest BCUT2D eigenvalue weighted by Crippen LogP contribution is 2.09. The maximum atomic E-state index is 5.08. The predicted molar refractivity (Wildman–Crippen MR) is 32.2 cm³/mol. The van der Waals surface area contributed by atoms with Crippen LogP contribution in [0.5, 0.6) is 0 Å². The zero-order valence-electron chi connectivity index (χ0n) is 2.62. The molecular weight excluding hydrogens is 195 g/mol. The number of hydrogen-bond donors (Lipinski definition) is 0. The summed E-state index contributed by atoms with van der Waals surface area (Å²) in [5, 5.41) is 0. The molecule has 0 aliphatic rings. The van der Waals surface area contributed by atoms with E-state index in [9.17, 15) is 0 Å². The first kappa shape index (κ1) is 6.02. The van der Waals surface area contributed by atoms with Gasteiger partial charge in [0.1, 0.15) is 0 Å². The number of alkyl halides is 2. The highest BCUT2D eigenvalue weighted by molar-refractivity contribution is 9.24. The molecule has 0 aromatic heterocycles. The summed E-state index contributed by atoms with van der Waals surface area (Å²) >= 11 is 6.33. The van der Waals surface area contributed by atoms with Gasteiger partial charge in [-0.3, -0.25) is 0 Å². The molecule has 28 valence electrons. The van der Waals surface area contributed by atoms with Crippen molar-refractivity contribution in [3.05, 3.63) is 0 Å². The Labute approximate surface area is 50.0 Å². The lowest BCUT2D eigenvalue weighted by atomic mass is 10.1. The quantitative estimate of drug-likeness (QED) is 0.443. The first-order chi connectivity index (χ1) is 2.27. The number of rotatable bonds is 1. The Bertz CT molecular complexity index is 21.6. The molecule has 3 heteroatoms. The second kappa shape index (κ2) is 3.22. The third-order valence-corrected chi connectivity index (χ3v) is 0.926. The van der Waals surface area contributed by atoms with Gasteiger partial charge < -0.3 is 0 Å². The fourth-order valence-electron chi connectivity index (χ4n) is 0. The van der Waals surface area contributed by atoms with Crippen LogP contribution in [0.3, 0.4) is 0 Å². The van der Waals surface area contributed by atoms with Gasteiger partial charge in [0, 0.05) is 0 Å². The van der Waals surface area contributed by atoms with Crippen LogP contribution in [-0.2, 0) is 0 Å². The smallest absolute Gasteiger partial charge is 0.0679 e. The van der Waals surface area contributed by atoms with Crippen LogP contribution >= 0.6 is 31.9 Å². The Kier molecular flexibility index (Phi) is 3.88. The molecule has 2 radical (unpaired) electrons. The molecule has 0 atom stereocenters. The van der Waals surface area contributed by atoms with Crippen LogP contribution in [0.4, 0.5) is 0 Å². The molecule has 0 aromatic carbocycles. The summed E-state index contributed by atoms with van der Waals surface area (Å²) in [6.45, 7) is 0. The summed E-state index contributed by atoms with van der Waals surface area (Å²) in [4.78, 5) is 0. The second-order valence-electron chi connectivity index (χ2n) is 0.627. The summed E-state index contributed by atoms with van der Waals surface area (Å²) < 4.78 is 0.287. The average molecular weight is 198 g/mol. The summed E-state index contributed by atoms with van der Waals surface area (Å²) in [5.41, 5.74) is 0. The van der Waals surface area contributed by atoms with E-state index < -0.39 is 0 Å². The van der Waals surface area contributed by atoms with Crippen molar-refractivity contribution < 1.29 is 0 Å². The standard InChI is InChI=1S/C2H3BBr2/c3-1-2(4)5/h2H,1H2. The fraction of sp³-hybridized carbons (Fsp3) is 1.00. The lowest BCUT2D eigenvalue weighted by Gasteiger charge is -1.85. The van der Waals surface area contributed by atoms with E-state index in [4.69, 9.17) is 7.85 Å². The van der Waals surface area contributed by atoms with Gasteiger partial charge in [0.2, 0.25) is 0 Å². The first-order valence-corrected chi connectivity index (χ1v) is 3.08. The van der Waals surface area contributed by atoms with E-state index in [2.05, 4.69) is 31.9 Å². The van der Waals surface area contributed by atoms with Crippen molar-refractivity contribution >= 4 is 39.7 Å². The Morgan fingerprint density at radius 3 is 1.80 bits per heavy atom. The average Bonchev–Trinajstić information content (AvgIpc) is 1.38. The summed E-state index contributed by atoms with van der Waals surface area (Å²) in [7, 11) is 5.08. The van der Waals surface area contributed by atoms with Crippen molar-refractivity contribution in [3.63, 3.8) is 0 Å². The van der Waals surface area contributed by atoms with Crippen molar-refractivity contribution in [2.75, 3.05) is 0 Å². The van der Waals surface area contributed by atoms with Crippen molar-refractivity contribution in [3.8, 4) is 0 Å². The molecule has 0 amide bonds. The predicted octanol–water partition coefficient (Wildman–Crippen LogP) is 1.69. The van der Waals surface area contributed by atoms with Crippen LogP contribution in [0.2, 0.25) is 6.32 Å². The molecule has 0 fully saturated rings. The largest absolute Gasteiger partial charge is 0.0773 e. The molecule has 0 bridgehead atoms. The van der Waals surface area contributed by atoms with E-state index in [-0.39, 0.29) is 3.74 Å². The molecule has 0 aliphatic carbocycles.